The Morgan fingerprint density at radius 3 is 2.61 bits per heavy atom. The molecule has 0 bridgehead atoms. The molecule has 5 heteroatoms. The first-order valence-corrected chi connectivity index (χ1v) is 9.62. The van der Waals surface area contributed by atoms with Gasteiger partial charge in [-0.3, -0.25) is 9.59 Å². The van der Waals surface area contributed by atoms with Crippen LogP contribution in [0.4, 0.5) is 5.69 Å². The highest BCUT2D eigenvalue weighted by Gasteiger charge is 2.29. The Labute approximate surface area is 165 Å². The fourth-order valence-electron chi connectivity index (χ4n) is 3.48. The highest BCUT2D eigenvalue weighted by molar-refractivity contribution is 5.99. The van der Waals surface area contributed by atoms with Crippen molar-refractivity contribution in [3.8, 4) is 0 Å². The van der Waals surface area contributed by atoms with Gasteiger partial charge in [0.25, 0.3) is 0 Å². The molecule has 2 N–H and O–H groups in total. The van der Waals surface area contributed by atoms with Crippen LogP contribution < -0.4 is 10.6 Å². The molecule has 1 saturated carbocycles. The van der Waals surface area contributed by atoms with E-state index >= 15 is 0 Å². The smallest absolute Gasteiger partial charge is 0.247 e. The lowest BCUT2D eigenvalue weighted by molar-refractivity contribution is -0.122. The number of rotatable bonds is 8. The third-order valence-electron chi connectivity index (χ3n) is 4.92. The topological polar surface area (TPSA) is 67.4 Å². The normalized spacial score (nSPS) is 18.4. The highest BCUT2D eigenvalue weighted by atomic mass is 16.5. The second kappa shape index (κ2) is 9.85. The number of ether oxygens (including phenoxy) is 1. The van der Waals surface area contributed by atoms with Crippen molar-refractivity contribution in [1.82, 2.24) is 5.32 Å². The van der Waals surface area contributed by atoms with E-state index in [0.29, 0.717) is 12.3 Å². The van der Waals surface area contributed by atoms with Gasteiger partial charge in [0.2, 0.25) is 11.8 Å². The summed E-state index contributed by atoms with van der Waals surface area (Å²) >= 11 is 0. The molecule has 1 aliphatic rings. The van der Waals surface area contributed by atoms with Crippen LogP contribution in [0, 0.1) is 0 Å². The Morgan fingerprint density at radius 1 is 1.07 bits per heavy atom. The number of carbonyl (C=O) groups excluding carboxylic acids is 2. The summed E-state index contributed by atoms with van der Waals surface area (Å²) in [5.74, 6) is -0.362. The van der Waals surface area contributed by atoms with Crippen molar-refractivity contribution in [1.29, 1.82) is 0 Å². The zero-order valence-corrected chi connectivity index (χ0v) is 15.9. The van der Waals surface area contributed by atoms with Crippen LogP contribution in [0.25, 0.3) is 0 Å². The standard InChI is InChI=1S/C23H26N2O3/c1-2-22(26)24-19-12-7-6-11-18(19)15-23(27)25-20-13-8-14-21(20)28-16-17-9-4-3-5-10-17/h2-7,9-12,20-21H,1,8,13-16H2,(H,24,26)(H,25,27)/t20-,21-/m1/s1. The first-order valence-electron chi connectivity index (χ1n) is 9.62. The molecule has 0 spiro atoms. The molecule has 146 valence electrons. The molecule has 3 rings (SSSR count). The lowest BCUT2D eigenvalue weighted by Gasteiger charge is -2.22. The van der Waals surface area contributed by atoms with Gasteiger partial charge >= 0.3 is 0 Å². The van der Waals surface area contributed by atoms with Gasteiger partial charge in [-0.2, -0.15) is 0 Å². The molecule has 0 unspecified atom stereocenters. The van der Waals surface area contributed by atoms with E-state index in [1.54, 1.807) is 6.07 Å². The van der Waals surface area contributed by atoms with Crippen molar-refractivity contribution < 1.29 is 14.3 Å². The molecule has 2 aromatic rings. The summed E-state index contributed by atoms with van der Waals surface area (Å²) in [6.45, 7) is 4.01. The molecule has 28 heavy (non-hydrogen) atoms. The fraction of sp³-hybridized carbons (Fsp3) is 0.304. The number of benzene rings is 2. The number of amides is 2. The van der Waals surface area contributed by atoms with Gasteiger partial charge in [0.15, 0.2) is 0 Å². The molecule has 5 nitrogen and oxygen atoms in total. The van der Waals surface area contributed by atoms with E-state index in [0.717, 1.165) is 30.4 Å². The summed E-state index contributed by atoms with van der Waals surface area (Å²) in [4.78, 5) is 24.2. The highest BCUT2D eigenvalue weighted by Crippen LogP contribution is 2.24. The monoisotopic (exact) mass is 378 g/mol. The van der Waals surface area contributed by atoms with Crippen molar-refractivity contribution in [2.24, 2.45) is 0 Å². The molecule has 2 aromatic carbocycles. The van der Waals surface area contributed by atoms with Crippen LogP contribution in [0.2, 0.25) is 0 Å². The zero-order chi connectivity index (χ0) is 19.8. The van der Waals surface area contributed by atoms with Crippen LogP contribution in [-0.2, 0) is 27.4 Å². The second-order valence-electron chi connectivity index (χ2n) is 6.97. The minimum Gasteiger partial charge on any atom is -0.371 e. The van der Waals surface area contributed by atoms with Crippen molar-refractivity contribution in [2.75, 3.05) is 5.32 Å². The lowest BCUT2D eigenvalue weighted by atomic mass is 10.1. The Balaban J connectivity index is 1.55. The molecule has 0 aromatic heterocycles. The number of carbonyl (C=O) groups is 2. The van der Waals surface area contributed by atoms with Gasteiger partial charge in [0.1, 0.15) is 0 Å². The third-order valence-corrected chi connectivity index (χ3v) is 4.92. The van der Waals surface area contributed by atoms with Crippen LogP contribution in [0.3, 0.4) is 0 Å². The second-order valence-corrected chi connectivity index (χ2v) is 6.97. The van der Waals surface area contributed by atoms with Crippen molar-refractivity contribution in [3.05, 3.63) is 78.4 Å². The summed E-state index contributed by atoms with van der Waals surface area (Å²) in [6, 6.07) is 17.4. The van der Waals surface area contributed by atoms with Gasteiger partial charge in [-0.1, -0.05) is 55.1 Å². The number of nitrogens with one attached hydrogen (secondary N) is 2. The molecule has 2 amide bonds. The maximum absolute atomic E-state index is 12.6. The fourth-order valence-corrected chi connectivity index (χ4v) is 3.48. The van der Waals surface area contributed by atoms with Crippen LogP contribution in [-0.4, -0.2) is 24.0 Å². The molecule has 0 aliphatic heterocycles. The van der Waals surface area contributed by atoms with Gasteiger partial charge in [-0.25, -0.2) is 0 Å². The van der Waals surface area contributed by atoms with E-state index in [2.05, 4.69) is 17.2 Å². The SMILES string of the molecule is C=CC(=O)Nc1ccccc1CC(=O)N[C@@H]1CCC[C@H]1OCc1ccccc1. The van der Waals surface area contributed by atoms with Gasteiger partial charge < -0.3 is 15.4 Å². The first kappa shape index (κ1) is 19.8. The van der Waals surface area contributed by atoms with Crippen LogP contribution in [0.5, 0.6) is 0 Å². The lowest BCUT2D eigenvalue weighted by Crippen LogP contribution is -2.41. The van der Waals surface area contributed by atoms with Crippen molar-refractivity contribution >= 4 is 17.5 Å². The zero-order valence-electron chi connectivity index (χ0n) is 15.9. The molecule has 0 saturated heterocycles. The van der Waals surface area contributed by atoms with E-state index in [1.165, 1.54) is 6.08 Å². The summed E-state index contributed by atoms with van der Waals surface area (Å²) in [7, 11) is 0. The Hall–Kier alpha value is -2.92. The molecule has 1 fully saturated rings. The minimum atomic E-state index is -0.293. The molecular formula is C23H26N2O3. The predicted octanol–water partition coefficient (Wildman–Crippen LogP) is 3.61. The summed E-state index contributed by atoms with van der Waals surface area (Å²) in [5.41, 5.74) is 2.53. The van der Waals surface area contributed by atoms with E-state index in [4.69, 9.17) is 4.74 Å². The predicted molar refractivity (Wildman–Crippen MR) is 110 cm³/mol. The Morgan fingerprint density at radius 2 is 1.82 bits per heavy atom. The molecule has 0 heterocycles. The quantitative estimate of drug-likeness (QED) is 0.690. The van der Waals surface area contributed by atoms with E-state index in [9.17, 15) is 9.59 Å². The van der Waals surface area contributed by atoms with E-state index < -0.39 is 0 Å². The van der Waals surface area contributed by atoms with Gasteiger partial charge in [-0.15, -0.1) is 0 Å². The number of hydrogen-bond acceptors (Lipinski definition) is 3. The third kappa shape index (κ3) is 5.54. The Bertz CT molecular complexity index is 820. The molecule has 2 atom stereocenters. The maximum atomic E-state index is 12.6. The van der Waals surface area contributed by atoms with Crippen LogP contribution >= 0.6 is 0 Å². The molecule has 0 radical (unpaired) electrons. The molecule has 1 aliphatic carbocycles. The largest absolute Gasteiger partial charge is 0.371 e. The molecular weight excluding hydrogens is 352 g/mol. The van der Waals surface area contributed by atoms with E-state index in [1.807, 2.05) is 48.5 Å². The summed E-state index contributed by atoms with van der Waals surface area (Å²) in [6.07, 6.45) is 4.35. The number of para-hydroxylation sites is 1. The van der Waals surface area contributed by atoms with Crippen molar-refractivity contribution in [3.63, 3.8) is 0 Å². The average Bonchev–Trinajstić information content (AvgIpc) is 3.15. The van der Waals surface area contributed by atoms with Crippen LogP contribution in [0.15, 0.2) is 67.3 Å². The van der Waals surface area contributed by atoms with Gasteiger partial charge in [0, 0.05) is 5.69 Å². The first-order chi connectivity index (χ1) is 13.7. The van der Waals surface area contributed by atoms with Gasteiger partial charge in [0.05, 0.1) is 25.2 Å². The summed E-state index contributed by atoms with van der Waals surface area (Å²) in [5, 5.41) is 5.86. The number of hydrogen-bond donors (Lipinski definition) is 2. The average molecular weight is 378 g/mol. The van der Waals surface area contributed by atoms with Crippen molar-refractivity contribution in [2.45, 2.75) is 44.4 Å². The number of anilines is 1. The summed E-state index contributed by atoms with van der Waals surface area (Å²) < 4.78 is 6.06. The maximum Gasteiger partial charge on any atom is 0.247 e. The van der Waals surface area contributed by atoms with Gasteiger partial charge in [-0.05, 0) is 42.5 Å². The van der Waals surface area contributed by atoms with Crippen LogP contribution in [0.1, 0.15) is 30.4 Å². The minimum absolute atomic E-state index is 0.0196. The van der Waals surface area contributed by atoms with E-state index in [-0.39, 0.29) is 30.4 Å². The Kier molecular flexibility index (Phi) is 6.98.